The number of thiol groups is 1. The number of hydrogen-bond donors (Lipinski definition) is 3. The molecule has 0 bridgehead atoms. The summed E-state index contributed by atoms with van der Waals surface area (Å²) in [4.78, 5) is 36.7. The lowest BCUT2D eigenvalue weighted by Gasteiger charge is -2.18. The maximum atomic E-state index is 12.1. The van der Waals surface area contributed by atoms with E-state index in [1.165, 1.54) is 4.90 Å². The molecule has 8 heteroatoms. The number of carboxylic acid groups (broad SMARTS) is 1. The van der Waals surface area contributed by atoms with Gasteiger partial charge in [-0.2, -0.15) is 12.6 Å². The van der Waals surface area contributed by atoms with Gasteiger partial charge in [0, 0.05) is 24.4 Å². The van der Waals surface area contributed by atoms with Crippen molar-refractivity contribution in [1.82, 2.24) is 5.32 Å². The van der Waals surface area contributed by atoms with Crippen LogP contribution in [0.3, 0.4) is 0 Å². The predicted octanol–water partition coefficient (Wildman–Crippen LogP) is 0.547. The van der Waals surface area contributed by atoms with Gasteiger partial charge in [-0.1, -0.05) is 0 Å². The van der Waals surface area contributed by atoms with E-state index in [4.69, 9.17) is 9.84 Å². The number of carbonyl (C=O) groups excluding carboxylic acids is 2. The molecule has 2 amide bonds. The van der Waals surface area contributed by atoms with Gasteiger partial charge in [-0.05, 0) is 24.3 Å². The first-order valence-corrected chi connectivity index (χ1v) is 7.68. The largest absolute Gasteiger partial charge is 0.497 e. The molecule has 1 aromatic carbocycles. The van der Waals surface area contributed by atoms with Crippen molar-refractivity contribution in [3.63, 3.8) is 0 Å². The van der Waals surface area contributed by atoms with Crippen molar-refractivity contribution in [1.29, 1.82) is 0 Å². The molecule has 1 aromatic rings. The molecule has 2 atom stereocenters. The van der Waals surface area contributed by atoms with Gasteiger partial charge >= 0.3 is 5.97 Å². The first-order valence-electron chi connectivity index (χ1n) is 7.04. The molecule has 1 aliphatic rings. The van der Waals surface area contributed by atoms with E-state index in [-0.39, 0.29) is 24.6 Å². The maximum Gasteiger partial charge on any atom is 0.327 e. The predicted molar refractivity (Wildman–Crippen MR) is 86.9 cm³/mol. The summed E-state index contributed by atoms with van der Waals surface area (Å²) >= 11 is 3.90. The third-order valence-corrected chi connectivity index (χ3v) is 4.04. The Morgan fingerprint density at radius 2 is 2.09 bits per heavy atom. The van der Waals surface area contributed by atoms with E-state index in [1.807, 2.05) is 0 Å². The number of nitrogens with zero attached hydrogens (tertiary/aromatic N) is 1. The molecular formula is C15H18N2O5S. The Balaban J connectivity index is 2.03. The Bertz CT molecular complexity index is 604. The SMILES string of the molecule is COc1ccc(N2CC(C(=O)NC(CS)C(=O)O)CC2=O)cc1. The highest BCUT2D eigenvalue weighted by atomic mass is 32.1. The van der Waals surface area contributed by atoms with Crippen LogP contribution in [-0.2, 0) is 14.4 Å². The average molecular weight is 338 g/mol. The highest BCUT2D eigenvalue weighted by Crippen LogP contribution is 2.27. The molecule has 2 N–H and O–H groups in total. The Morgan fingerprint density at radius 1 is 1.43 bits per heavy atom. The third kappa shape index (κ3) is 3.95. The molecule has 1 aliphatic heterocycles. The van der Waals surface area contributed by atoms with Crippen LogP contribution in [0.15, 0.2) is 24.3 Å². The van der Waals surface area contributed by atoms with E-state index in [1.54, 1.807) is 31.4 Å². The summed E-state index contributed by atoms with van der Waals surface area (Å²) in [6.07, 6.45) is 0.0524. The number of benzene rings is 1. The summed E-state index contributed by atoms with van der Waals surface area (Å²) in [7, 11) is 1.55. The van der Waals surface area contributed by atoms with Crippen molar-refractivity contribution in [3.8, 4) is 5.75 Å². The molecule has 0 aliphatic carbocycles. The molecule has 23 heavy (non-hydrogen) atoms. The van der Waals surface area contributed by atoms with E-state index in [2.05, 4.69) is 17.9 Å². The zero-order chi connectivity index (χ0) is 17.0. The zero-order valence-electron chi connectivity index (χ0n) is 12.6. The fourth-order valence-corrected chi connectivity index (χ4v) is 2.62. The summed E-state index contributed by atoms with van der Waals surface area (Å²) in [5.74, 6) is -1.68. The molecule has 1 saturated heterocycles. The molecule has 0 spiro atoms. The highest BCUT2D eigenvalue weighted by Gasteiger charge is 2.36. The smallest absolute Gasteiger partial charge is 0.327 e. The minimum Gasteiger partial charge on any atom is -0.497 e. The van der Waals surface area contributed by atoms with Crippen LogP contribution in [0, 0.1) is 5.92 Å². The van der Waals surface area contributed by atoms with Gasteiger partial charge in [0.05, 0.1) is 13.0 Å². The Hall–Kier alpha value is -2.22. The lowest BCUT2D eigenvalue weighted by molar-refractivity contribution is -0.141. The van der Waals surface area contributed by atoms with Gasteiger partial charge in [-0.15, -0.1) is 0 Å². The number of hydrogen-bond acceptors (Lipinski definition) is 5. The first-order chi connectivity index (χ1) is 11.0. The van der Waals surface area contributed by atoms with Crippen LogP contribution < -0.4 is 15.0 Å². The topological polar surface area (TPSA) is 95.9 Å². The van der Waals surface area contributed by atoms with Crippen molar-refractivity contribution in [2.75, 3.05) is 24.3 Å². The molecule has 1 heterocycles. The summed E-state index contributed by atoms with van der Waals surface area (Å²) < 4.78 is 5.07. The number of anilines is 1. The Labute approximate surface area is 139 Å². The second kappa shape index (κ2) is 7.36. The molecule has 7 nitrogen and oxygen atoms in total. The number of nitrogens with one attached hydrogen (secondary N) is 1. The summed E-state index contributed by atoms with van der Waals surface area (Å²) in [6, 6.07) is 5.89. The Kier molecular flexibility index (Phi) is 5.49. The van der Waals surface area contributed by atoms with Crippen LogP contribution in [-0.4, -0.2) is 48.3 Å². The summed E-state index contributed by atoms with van der Waals surface area (Å²) in [6.45, 7) is 0.218. The molecule has 0 radical (unpaired) electrons. The fraction of sp³-hybridized carbons (Fsp3) is 0.400. The van der Waals surface area contributed by atoms with E-state index >= 15 is 0 Å². The van der Waals surface area contributed by atoms with E-state index in [0.29, 0.717) is 11.4 Å². The van der Waals surface area contributed by atoms with Crippen LogP contribution in [0.2, 0.25) is 0 Å². The minimum atomic E-state index is -1.15. The summed E-state index contributed by atoms with van der Waals surface area (Å²) in [5.41, 5.74) is 0.676. The van der Waals surface area contributed by atoms with Crippen LogP contribution in [0.5, 0.6) is 5.75 Å². The second-order valence-electron chi connectivity index (χ2n) is 5.19. The molecule has 0 saturated carbocycles. The van der Waals surface area contributed by atoms with Crippen molar-refractivity contribution >= 4 is 36.1 Å². The quantitative estimate of drug-likeness (QED) is 0.658. The Morgan fingerprint density at radius 3 is 2.61 bits per heavy atom. The van der Waals surface area contributed by atoms with Gasteiger partial charge < -0.3 is 20.1 Å². The third-order valence-electron chi connectivity index (χ3n) is 3.68. The standard InChI is InChI=1S/C15H18N2O5S/c1-22-11-4-2-10(3-5-11)17-7-9(6-13(17)18)14(19)16-12(8-23)15(20)21/h2-5,9,12,23H,6-8H2,1H3,(H,16,19)(H,20,21). The van der Waals surface area contributed by atoms with Gasteiger partial charge in [-0.3, -0.25) is 9.59 Å². The number of rotatable bonds is 6. The number of methoxy groups -OCH3 is 1. The van der Waals surface area contributed by atoms with Crippen molar-refractivity contribution in [2.45, 2.75) is 12.5 Å². The lowest BCUT2D eigenvalue weighted by atomic mass is 10.1. The van der Waals surface area contributed by atoms with Crippen LogP contribution in [0.4, 0.5) is 5.69 Å². The second-order valence-corrected chi connectivity index (χ2v) is 5.55. The molecule has 1 fully saturated rings. The van der Waals surface area contributed by atoms with Crippen molar-refractivity contribution in [2.24, 2.45) is 5.92 Å². The van der Waals surface area contributed by atoms with E-state index < -0.39 is 23.8 Å². The van der Waals surface area contributed by atoms with Gasteiger partial charge in [0.15, 0.2) is 0 Å². The highest BCUT2D eigenvalue weighted by molar-refractivity contribution is 7.80. The van der Waals surface area contributed by atoms with E-state index in [9.17, 15) is 14.4 Å². The number of ether oxygens (including phenoxy) is 1. The maximum absolute atomic E-state index is 12.1. The molecule has 2 rings (SSSR count). The first kappa shape index (κ1) is 17.1. The molecule has 0 aromatic heterocycles. The minimum absolute atomic E-state index is 0.00999. The lowest BCUT2D eigenvalue weighted by Crippen LogP contribution is -2.45. The van der Waals surface area contributed by atoms with E-state index in [0.717, 1.165) is 0 Å². The fourth-order valence-electron chi connectivity index (χ4n) is 2.37. The van der Waals surface area contributed by atoms with Gasteiger partial charge in [-0.25, -0.2) is 4.79 Å². The van der Waals surface area contributed by atoms with Gasteiger partial charge in [0.1, 0.15) is 11.8 Å². The molecule has 124 valence electrons. The zero-order valence-corrected chi connectivity index (χ0v) is 13.5. The van der Waals surface area contributed by atoms with Gasteiger partial charge in [0.2, 0.25) is 11.8 Å². The summed E-state index contributed by atoms with van der Waals surface area (Å²) in [5, 5.41) is 11.3. The number of amides is 2. The molecule has 2 unspecified atom stereocenters. The normalized spacial score (nSPS) is 18.6. The average Bonchev–Trinajstić information content (AvgIpc) is 2.94. The van der Waals surface area contributed by atoms with Crippen LogP contribution in [0.1, 0.15) is 6.42 Å². The number of aliphatic carboxylic acids is 1. The van der Waals surface area contributed by atoms with Crippen molar-refractivity contribution in [3.05, 3.63) is 24.3 Å². The van der Waals surface area contributed by atoms with Crippen LogP contribution in [0.25, 0.3) is 0 Å². The monoisotopic (exact) mass is 338 g/mol. The number of carbonyl (C=O) groups is 3. The molecular weight excluding hydrogens is 320 g/mol. The number of carboxylic acids is 1. The van der Waals surface area contributed by atoms with Crippen molar-refractivity contribution < 1.29 is 24.2 Å². The van der Waals surface area contributed by atoms with Gasteiger partial charge in [0.25, 0.3) is 0 Å². The van der Waals surface area contributed by atoms with Crippen LogP contribution >= 0.6 is 12.6 Å².